The van der Waals surface area contributed by atoms with E-state index in [0.717, 1.165) is 18.9 Å². The zero-order valence-corrected chi connectivity index (χ0v) is 14.5. The molecular formula is C17H17Cl2N3O2. The van der Waals surface area contributed by atoms with Crippen LogP contribution in [0.2, 0.25) is 10.0 Å². The Morgan fingerprint density at radius 2 is 1.88 bits per heavy atom. The van der Waals surface area contributed by atoms with Crippen molar-refractivity contribution in [1.29, 1.82) is 0 Å². The standard InChI is InChI=1S/C17H17Cl2N3O2/c18-14-5-4-13(11-15(14)19)24-12-17(23)22-9-7-21(8-10-22)16-3-1-2-6-20-16/h1-6,11H,7-10,12H2. The van der Waals surface area contributed by atoms with E-state index in [1.54, 1.807) is 29.3 Å². The number of hydrogen-bond acceptors (Lipinski definition) is 4. The van der Waals surface area contributed by atoms with Crippen LogP contribution in [0.1, 0.15) is 0 Å². The lowest BCUT2D eigenvalue weighted by molar-refractivity contribution is -0.133. The highest BCUT2D eigenvalue weighted by molar-refractivity contribution is 6.42. The molecule has 0 spiro atoms. The van der Waals surface area contributed by atoms with Gasteiger partial charge in [0.25, 0.3) is 5.91 Å². The number of carbonyl (C=O) groups excluding carboxylic acids is 1. The molecule has 1 amide bonds. The number of hydrogen-bond donors (Lipinski definition) is 0. The van der Waals surface area contributed by atoms with E-state index in [-0.39, 0.29) is 12.5 Å². The number of pyridine rings is 1. The molecule has 1 aliphatic heterocycles. The Kier molecular flexibility index (Phi) is 5.43. The third-order valence-electron chi connectivity index (χ3n) is 3.86. The van der Waals surface area contributed by atoms with Crippen molar-refractivity contribution in [2.24, 2.45) is 0 Å². The Labute approximate surface area is 150 Å². The van der Waals surface area contributed by atoms with E-state index in [1.165, 1.54) is 0 Å². The quantitative estimate of drug-likeness (QED) is 0.834. The second-order valence-corrected chi connectivity index (χ2v) is 6.23. The van der Waals surface area contributed by atoms with Crippen LogP contribution in [0.15, 0.2) is 42.6 Å². The van der Waals surface area contributed by atoms with Gasteiger partial charge >= 0.3 is 0 Å². The van der Waals surface area contributed by atoms with Crippen molar-refractivity contribution in [3.8, 4) is 5.75 Å². The zero-order valence-electron chi connectivity index (χ0n) is 13.0. The molecule has 1 fully saturated rings. The van der Waals surface area contributed by atoms with Gasteiger partial charge in [-0.2, -0.15) is 0 Å². The molecule has 0 radical (unpaired) electrons. The summed E-state index contributed by atoms with van der Waals surface area (Å²) in [5.74, 6) is 1.43. The second kappa shape index (κ2) is 7.73. The molecule has 3 rings (SSSR count). The first-order valence-electron chi connectivity index (χ1n) is 7.65. The monoisotopic (exact) mass is 365 g/mol. The SMILES string of the molecule is O=C(COc1ccc(Cl)c(Cl)c1)N1CCN(c2ccccn2)CC1. The summed E-state index contributed by atoms with van der Waals surface area (Å²) in [5.41, 5.74) is 0. The summed E-state index contributed by atoms with van der Waals surface area (Å²) in [6.45, 7) is 2.81. The maximum Gasteiger partial charge on any atom is 0.260 e. The van der Waals surface area contributed by atoms with E-state index in [9.17, 15) is 4.79 Å². The van der Waals surface area contributed by atoms with E-state index < -0.39 is 0 Å². The molecule has 7 heteroatoms. The fraction of sp³-hybridized carbons (Fsp3) is 0.294. The van der Waals surface area contributed by atoms with Crippen LogP contribution in [0.5, 0.6) is 5.75 Å². The third-order valence-corrected chi connectivity index (χ3v) is 4.60. The molecule has 2 aromatic rings. The average Bonchev–Trinajstić information content (AvgIpc) is 2.63. The van der Waals surface area contributed by atoms with Crippen LogP contribution < -0.4 is 9.64 Å². The highest BCUT2D eigenvalue weighted by Crippen LogP contribution is 2.26. The molecule has 126 valence electrons. The van der Waals surface area contributed by atoms with Gasteiger partial charge in [-0.15, -0.1) is 0 Å². The second-order valence-electron chi connectivity index (χ2n) is 5.42. The van der Waals surface area contributed by atoms with E-state index in [2.05, 4.69) is 9.88 Å². The summed E-state index contributed by atoms with van der Waals surface area (Å²) in [5, 5.41) is 0.867. The first-order valence-corrected chi connectivity index (χ1v) is 8.41. The van der Waals surface area contributed by atoms with Gasteiger partial charge in [-0.05, 0) is 24.3 Å². The summed E-state index contributed by atoms with van der Waals surface area (Å²) in [6, 6.07) is 10.8. The van der Waals surface area contributed by atoms with Crippen LogP contribution in [-0.4, -0.2) is 48.6 Å². The summed E-state index contributed by atoms with van der Waals surface area (Å²) in [7, 11) is 0. The number of aromatic nitrogens is 1. The Morgan fingerprint density at radius 3 is 2.54 bits per heavy atom. The number of rotatable bonds is 4. The van der Waals surface area contributed by atoms with Crippen molar-refractivity contribution in [2.75, 3.05) is 37.7 Å². The number of piperazine rings is 1. The molecule has 0 N–H and O–H groups in total. The molecule has 24 heavy (non-hydrogen) atoms. The van der Waals surface area contributed by atoms with Gasteiger partial charge in [-0.3, -0.25) is 4.79 Å². The van der Waals surface area contributed by atoms with E-state index in [0.29, 0.717) is 28.9 Å². The summed E-state index contributed by atoms with van der Waals surface area (Å²) in [4.78, 5) is 20.6. The Hall–Kier alpha value is -1.98. The van der Waals surface area contributed by atoms with Gasteiger partial charge in [-0.1, -0.05) is 29.3 Å². The Morgan fingerprint density at radius 1 is 1.08 bits per heavy atom. The van der Waals surface area contributed by atoms with Crippen LogP contribution in [0.4, 0.5) is 5.82 Å². The normalized spacial score (nSPS) is 14.6. The lowest BCUT2D eigenvalue weighted by atomic mass is 10.3. The predicted molar refractivity (Wildman–Crippen MR) is 95.0 cm³/mol. The number of ether oxygens (including phenoxy) is 1. The molecule has 0 bridgehead atoms. The van der Waals surface area contributed by atoms with Crippen LogP contribution in [0, 0.1) is 0 Å². The topological polar surface area (TPSA) is 45.7 Å². The molecule has 1 aromatic heterocycles. The molecule has 0 aliphatic carbocycles. The first-order chi connectivity index (χ1) is 11.6. The van der Waals surface area contributed by atoms with Crippen LogP contribution in [0.25, 0.3) is 0 Å². The maximum atomic E-state index is 12.3. The van der Waals surface area contributed by atoms with Crippen LogP contribution in [0.3, 0.4) is 0 Å². The molecule has 1 aromatic carbocycles. The molecule has 0 unspecified atom stereocenters. The minimum Gasteiger partial charge on any atom is -0.484 e. The minimum atomic E-state index is -0.0401. The van der Waals surface area contributed by atoms with Gasteiger partial charge < -0.3 is 14.5 Å². The van der Waals surface area contributed by atoms with Crippen molar-refractivity contribution >= 4 is 34.9 Å². The lowest BCUT2D eigenvalue weighted by Crippen LogP contribution is -2.50. The van der Waals surface area contributed by atoms with E-state index >= 15 is 0 Å². The van der Waals surface area contributed by atoms with Gasteiger partial charge in [0.05, 0.1) is 10.0 Å². The Balaban J connectivity index is 1.49. The van der Waals surface area contributed by atoms with Gasteiger partial charge in [-0.25, -0.2) is 4.98 Å². The molecule has 1 aliphatic rings. The molecule has 2 heterocycles. The lowest BCUT2D eigenvalue weighted by Gasteiger charge is -2.35. The van der Waals surface area contributed by atoms with E-state index in [4.69, 9.17) is 27.9 Å². The fourth-order valence-corrected chi connectivity index (χ4v) is 2.82. The number of anilines is 1. The van der Waals surface area contributed by atoms with Gasteiger partial charge in [0.2, 0.25) is 0 Å². The van der Waals surface area contributed by atoms with Gasteiger partial charge in [0.15, 0.2) is 6.61 Å². The molecule has 5 nitrogen and oxygen atoms in total. The van der Waals surface area contributed by atoms with Crippen LogP contribution in [-0.2, 0) is 4.79 Å². The highest BCUT2D eigenvalue weighted by Gasteiger charge is 2.22. The number of carbonyl (C=O) groups is 1. The zero-order chi connectivity index (χ0) is 16.9. The first kappa shape index (κ1) is 16.9. The predicted octanol–water partition coefficient (Wildman–Crippen LogP) is 3.12. The largest absolute Gasteiger partial charge is 0.484 e. The maximum absolute atomic E-state index is 12.3. The summed E-state index contributed by atoms with van der Waals surface area (Å²) in [6.07, 6.45) is 1.78. The minimum absolute atomic E-state index is 0.0124. The smallest absolute Gasteiger partial charge is 0.260 e. The molecular weight excluding hydrogens is 349 g/mol. The number of halogens is 2. The summed E-state index contributed by atoms with van der Waals surface area (Å²) >= 11 is 11.8. The van der Waals surface area contributed by atoms with E-state index in [1.807, 2.05) is 18.2 Å². The third kappa shape index (κ3) is 4.10. The molecule has 0 atom stereocenters. The average molecular weight is 366 g/mol. The van der Waals surface area contributed by atoms with Gasteiger partial charge in [0.1, 0.15) is 11.6 Å². The number of benzene rings is 1. The number of amides is 1. The van der Waals surface area contributed by atoms with Crippen molar-refractivity contribution < 1.29 is 9.53 Å². The molecule has 0 saturated carbocycles. The highest BCUT2D eigenvalue weighted by atomic mass is 35.5. The van der Waals surface area contributed by atoms with Crippen molar-refractivity contribution in [1.82, 2.24) is 9.88 Å². The Bertz CT molecular complexity index is 704. The van der Waals surface area contributed by atoms with Crippen molar-refractivity contribution in [3.63, 3.8) is 0 Å². The van der Waals surface area contributed by atoms with Crippen molar-refractivity contribution in [3.05, 3.63) is 52.6 Å². The van der Waals surface area contributed by atoms with Crippen LogP contribution >= 0.6 is 23.2 Å². The van der Waals surface area contributed by atoms with Gasteiger partial charge in [0, 0.05) is 38.4 Å². The molecule has 1 saturated heterocycles. The summed E-state index contributed by atoms with van der Waals surface area (Å²) < 4.78 is 5.51. The van der Waals surface area contributed by atoms with Crippen molar-refractivity contribution in [2.45, 2.75) is 0 Å². The fourth-order valence-electron chi connectivity index (χ4n) is 2.53. The number of nitrogens with zero attached hydrogens (tertiary/aromatic N) is 3.